The van der Waals surface area contributed by atoms with Crippen molar-refractivity contribution in [3.8, 4) is 0 Å². The van der Waals surface area contributed by atoms with Crippen molar-refractivity contribution in [3.05, 3.63) is 28.8 Å². The fourth-order valence-corrected chi connectivity index (χ4v) is 6.67. The standard InChI is InChI=1S/C24H38N4O5S/c1-16-13-18(27(6)21(30)33-22(3,4)5)14-17(2)19(16)15-23(7-8-23)34(31,32)28-11-9-24(26,10-12-28)20(25)29/h13-14H,7-12,15,26H2,1-6H3,(H2,25,29). The molecule has 0 radical (unpaired) electrons. The number of aryl methyl sites for hydroxylation is 2. The maximum Gasteiger partial charge on any atom is 0.414 e. The predicted molar refractivity (Wildman–Crippen MR) is 132 cm³/mol. The topological polar surface area (TPSA) is 136 Å². The largest absolute Gasteiger partial charge is 0.443 e. The van der Waals surface area contributed by atoms with Gasteiger partial charge >= 0.3 is 6.09 Å². The van der Waals surface area contributed by atoms with Crippen LogP contribution in [0.4, 0.5) is 10.5 Å². The SMILES string of the molecule is Cc1cc(N(C)C(=O)OC(C)(C)C)cc(C)c1CC1(S(=O)(=O)N2CCC(N)(C(N)=O)CC2)CC1. The zero-order chi connectivity index (χ0) is 25.7. The van der Waals surface area contributed by atoms with Gasteiger partial charge in [-0.2, -0.15) is 0 Å². The highest BCUT2D eigenvalue weighted by atomic mass is 32.2. The number of amides is 2. The molecular weight excluding hydrogens is 456 g/mol. The molecule has 3 rings (SSSR count). The molecule has 10 heteroatoms. The van der Waals surface area contributed by atoms with Crippen LogP contribution in [0.1, 0.15) is 63.1 Å². The Hall–Kier alpha value is -2.17. The lowest BCUT2D eigenvalue weighted by atomic mass is 9.89. The second-order valence-electron chi connectivity index (χ2n) is 10.9. The van der Waals surface area contributed by atoms with Gasteiger partial charge in [-0.3, -0.25) is 9.69 Å². The van der Waals surface area contributed by atoms with Crippen LogP contribution in [0.15, 0.2) is 12.1 Å². The van der Waals surface area contributed by atoms with Crippen LogP contribution in [0.2, 0.25) is 0 Å². The fourth-order valence-electron chi connectivity index (χ4n) is 4.51. The van der Waals surface area contributed by atoms with Gasteiger partial charge in [-0.25, -0.2) is 17.5 Å². The number of sulfonamides is 1. The average Bonchev–Trinajstić information content (AvgIpc) is 3.50. The number of rotatable bonds is 6. The van der Waals surface area contributed by atoms with Crippen molar-refractivity contribution in [2.75, 3.05) is 25.0 Å². The molecule has 1 saturated carbocycles. The summed E-state index contributed by atoms with van der Waals surface area (Å²) in [5, 5.41) is 0. The van der Waals surface area contributed by atoms with Gasteiger partial charge in [0.1, 0.15) is 5.60 Å². The molecule has 190 valence electrons. The van der Waals surface area contributed by atoms with Gasteiger partial charge < -0.3 is 16.2 Å². The van der Waals surface area contributed by atoms with E-state index in [2.05, 4.69) is 0 Å². The number of hydrogen-bond acceptors (Lipinski definition) is 6. The second-order valence-corrected chi connectivity index (χ2v) is 13.2. The second kappa shape index (κ2) is 8.80. The van der Waals surface area contributed by atoms with E-state index >= 15 is 0 Å². The first-order valence-corrected chi connectivity index (χ1v) is 13.1. The van der Waals surface area contributed by atoms with Crippen LogP contribution in [-0.4, -0.2) is 60.7 Å². The molecule has 0 bridgehead atoms. The van der Waals surface area contributed by atoms with Crippen molar-refractivity contribution in [1.29, 1.82) is 0 Å². The fraction of sp³-hybridized carbons (Fsp3) is 0.667. The molecule has 0 aromatic heterocycles. The highest BCUT2D eigenvalue weighted by Gasteiger charge is 2.57. The van der Waals surface area contributed by atoms with E-state index < -0.39 is 37.9 Å². The summed E-state index contributed by atoms with van der Waals surface area (Å²) in [6, 6.07) is 3.79. The number of carbonyl (C=O) groups is 2. The van der Waals surface area contributed by atoms with E-state index in [-0.39, 0.29) is 25.9 Å². The molecule has 2 fully saturated rings. The van der Waals surface area contributed by atoms with E-state index in [9.17, 15) is 18.0 Å². The quantitative estimate of drug-likeness (QED) is 0.623. The summed E-state index contributed by atoms with van der Waals surface area (Å²) in [5.41, 5.74) is 13.3. The summed E-state index contributed by atoms with van der Waals surface area (Å²) in [6.07, 6.45) is 1.59. The van der Waals surface area contributed by atoms with Crippen LogP contribution < -0.4 is 16.4 Å². The van der Waals surface area contributed by atoms with Gasteiger partial charge in [0, 0.05) is 25.8 Å². The first-order valence-electron chi connectivity index (χ1n) is 11.7. The molecule has 0 unspecified atom stereocenters. The molecule has 4 N–H and O–H groups in total. The van der Waals surface area contributed by atoms with E-state index in [1.165, 1.54) is 9.21 Å². The van der Waals surface area contributed by atoms with E-state index in [0.29, 0.717) is 24.9 Å². The Morgan fingerprint density at radius 3 is 2.00 bits per heavy atom. The molecule has 1 aromatic rings. The van der Waals surface area contributed by atoms with Crippen molar-refractivity contribution in [1.82, 2.24) is 4.31 Å². The van der Waals surface area contributed by atoms with Crippen molar-refractivity contribution in [3.63, 3.8) is 0 Å². The van der Waals surface area contributed by atoms with E-state index in [1.54, 1.807) is 7.05 Å². The molecule has 0 atom stereocenters. The van der Waals surface area contributed by atoms with Gasteiger partial charge in [0.05, 0.1) is 10.3 Å². The minimum absolute atomic E-state index is 0.196. The molecule has 2 amide bonds. The smallest absolute Gasteiger partial charge is 0.414 e. The number of nitrogens with zero attached hydrogens (tertiary/aromatic N) is 2. The lowest BCUT2D eigenvalue weighted by Gasteiger charge is -2.38. The summed E-state index contributed by atoms with van der Waals surface area (Å²) >= 11 is 0. The Kier molecular flexibility index (Phi) is 6.84. The maximum absolute atomic E-state index is 13.6. The molecule has 1 aromatic carbocycles. The number of hydrogen-bond donors (Lipinski definition) is 2. The first-order chi connectivity index (χ1) is 15.5. The van der Waals surface area contributed by atoms with Crippen molar-refractivity contribution in [2.24, 2.45) is 11.5 Å². The molecule has 1 aliphatic heterocycles. The molecule has 1 saturated heterocycles. The molecule has 34 heavy (non-hydrogen) atoms. The van der Waals surface area contributed by atoms with Crippen LogP contribution in [-0.2, 0) is 26.0 Å². The number of carbonyl (C=O) groups excluding carboxylic acids is 2. The average molecular weight is 495 g/mol. The van der Waals surface area contributed by atoms with Gasteiger partial charge in [0.25, 0.3) is 0 Å². The van der Waals surface area contributed by atoms with Gasteiger partial charge in [-0.05, 0) is 95.5 Å². The first kappa shape index (κ1) is 26.4. The highest BCUT2D eigenvalue weighted by molar-refractivity contribution is 7.90. The third-order valence-corrected chi connectivity index (χ3v) is 9.73. The Labute approximate surface area is 202 Å². The minimum atomic E-state index is -3.58. The van der Waals surface area contributed by atoms with Gasteiger partial charge in [0.15, 0.2) is 0 Å². The Balaban J connectivity index is 1.79. The molecule has 1 aliphatic carbocycles. The normalized spacial score (nSPS) is 20.0. The zero-order valence-electron chi connectivity index (χ0n) is 21.1. The summed E-state index contributed by atoms with van der Waals surface area (Å²) in [4.78, 5) is 25.6. The monoisotopic (exact) mass is 494 g/mol. The number of ether oxygens (including phenoxy) is 1. The number of primary amides is 1. The van der Waals surface area contributed by atoms with E-state index in [4.69, 9.17) is 16.2 Å². The lowest BCUT2D eigenvalue weighted by Crippen LogP contribution is -2.59. The third-order valence-electron chi connectivity index (χ3n) is 7.03. The predicted octanol–water partition coefficient (Wildman–Crippen LogP) is 2.36. The maximum atomic E-state index is 13.6. The number of anilines is 1. The summed E-state index contributed by atoms with van der Waals surface area (Å²) < 4.78 is 33.2. The van der Waals surface area contributed by atoms with E-state index in [0.717, 1.165) is 16.7 Å². The van der Waals surface area contributed by atoms with Crippen LogP contribution in [0.3, 0.4) is 0 Å². The van der Waals surface area contributed by atoms with Crippen molar-refractivity contribution < 1.29 is 22.7 Å². The number of benzene rings is 1. The van der Waals surface area contributed by atoms with E-state index in [1.807, 2.05) is 46.8 Å². The summed E-state index contributed by atoms with van der Waals surface area (Å²) in [7, 11) is -1.92. The van der Waals surface area contributed by atoms with Crippen LogP contribution in [0.25, 0.3) is 0 Å². The molecule has 2 aliphatic rings. The van der Waals surface area contributed by atoms with Gasteiger partial charge in [-0.15, -0.1) is 0 Å². The molecule has 0 spiro atoms. The zero-order valence-corrected chi connectivity index (χ0v) is 21.9. The van der Waals surface area contributed by atoms with Gasteiger partial charge in [-0.1, -0.05) is 0 Å². The van der Waals surface area contributed by atoms with Crippen molar-refractivity contribution in [2.45, 2.75) is 82.6 Å². The summed E-state index contributed by atoms with van der Waals surface area (Å²) in [5.74, 6) is -0.589. The Morgan fingerprint density at radius 1 is 1.09 bits per heavy atom. The van der Waals surface area contributed by atoms with Gasteiger partial charge in [0.2, 0.25) is 15.9 Å². The lowest BCUT2D eigenvalue weighted by molar-refractivity contribution is -0.124. The van der Waals surface area contributed by atoms with Crippen LogP contribution in [0.5, 0.6) is 0 Å². The molecule has 9 nitrogen and oxygen atoms in total. The summed E-state index contributed by atoms with van der Waals surface area (Å²) in [6.45, 7) is 9.72. The number of piperidine rings is 1. The highest BCUT2D eigenvalue weighted by Crippen LogP contribution is 2.49. The minimum Gasteiger partial charge on any atom is -0.443 e. The molecule has 1 heterocycles. The number of nitrogens with two attached hydrogens (primary N) is 2. The Bertz CT molecular complexity index is 1060. The molecular formula is C24H38N4O5S. The van der Waals surface area contributed by atoms with Crippen LogP contribution in [0, 0.1) is 13.8 Å². The van der Waals surface area contributed by atoms with Crippen molar-refractivity contribution >= 4 is 27.7 Å². The van der Waals surface area contributed by atoms with Crippen LogP contribution >= 0.6 is 0 Å². The third kappa shape index (κ3) is 5.08. The Morgan fingerprint density at radius 2 is 1.59 bits per heavy atom.